The van der Waals surface area contributed by atoms with Crippen LogP contribution in [0.3, 0.4) is 0 Å². The molecule has 0 aliphatic carbocycles. The van der Waals surface area contributed by atoms with Crippen LogP contribution < -0.4 is 5.32 Å². The molecule has 0 aliphatic rings. The van der Waals surface area contributed by atoms with E-state index in [1.165, 1.54) is 0 Å². The molecular weight excluding hydrogens is 262 g/mol. The topological polar surface area (TPSA) is 42.2 Å². The molecule has 19 heavy (non-hydrogen) atoms. The summed E-state index contributed by atoms with van der Waals surface area (Å²) in [5, 5.41) is 3.64. The summed E-state index contributed by atoms with van der Waals surface area (Å²) in [6, 6.07) is 11.0. The Balaban J connectivity index is 2.06. The summed E-state index contributed by atoms with van der Waals surface area (Å²) >= 11 is 5.97. The molecule has 4 heteroatoms. The highest BCUT2D eigenvalue weighted by molar-refractivity contribution is 6.30. The number of rotatable bonds is 4. The van der Waals surface area contributed by atoms with E-state index in [1.54, 1.807) is 18.4 Å². The summed E-state index contributed by atoms with van der Waals surface area (Å²) in [6.45, 7) is 3.89. The van der Waals surface area contributed by atoms with E-state index in [2.05, 4.69) is 5.32 Å². The van der Waals surface area contributed by atoms with Crippen molar-refractivity contribution in [1.29, 1.82) is 0 Å². The molecule has 0 aliphatic heterocycles. The largest absolute Gasteiger partial charge is 0.469 e. The molecule has 1 N–H and O–H groups in total. The Morgan fingerprint density at radius 3 is 2.74 bits per heavy atom. The second kappa shape index (κ2) is 5.49. The third-order valence-electron chi connectivity index (χ3n) is 2.91. The van der Waals surface area contributed by atoms with Crippen LogP contribution in [0.25, 0.3) is 0 Å². The Kier molecular flexibility index (Phi) is 3.96. The van der Waals surface area contributed by atoms with Crippen LogP contribution in [0.15, 0.2) is 47.1 Å². The third kappa shape index (κ3) is 3.61. The number of amides is 1. The summed E-state index contributed by atoms with van der Waals surface area (Å²) in [6.07, 6.45) is 1.79. The predicted octanol–water partition coefficient (Wildman–Crippen LogP) is 3.53. The van der Waals surface area contributed by atoms with Gasteiger partial charge in [0, 0.05) is 5.02 Å². The molecule has 1 amide bonds. The molecule has 0 saturated carbocycles. The quantitative estimate of drug-likeness (QED) is 0.929. The smallest absolute Gasteiger partial charge is 0.228 e. The van der Waals surface area contributed by atoms with Gasteiger partial charge in [-0.2, -0.15) is 0 Å². The highest BCUT2D eigenvalue weighted by atomic mass is 35.5. The van der Waals surface area contributed by atoms with Gasteiger partial charge in [-0.3, -0.25) is 4.79 Å². The molecule has 0 unspecified atom stereocenters. The van der Waals surface area contributed by atoms with Gasteiger partial charge in [-0.15, -0.1) is 0 Å². The zero-order chi connectivity index (χ0) is 13.9. The van der Waals surface area contributed by atoms with Crippen molar-refractivity contribution in [2.45, 2.75) is 25.8 Å². The van der Waals surface area contributed by atoms with Crippen molar-refractivity contribution >= 4 is 17.5 Å². The fourth-order valence-corrected chi connectivity index (χ4v) is 2.10. The summed E-state index contributed by atoms with van der Waals surface area (Å²) in [5.74, 6) is 0.569. The van der Waals surface area contributed by atoms with Gasteiger partial charge in [0.05, 0.1) is 18.2 Å². The van der Waals surface area contributed by atoms with E-state index in [0.29, 0.717) is 10.8 Å². The number of hydrogen-bond acceptors (Lipinski definition) is 2. The lowest BCUT2D eigenvalue weighted by atomic mass is 9.94. The van der Waals surface area contributed by atoms with E-state index in [-0.39, 0.29) is 12.3 Å². The maximum absolute atomic E-state index is 12.0. The van der Waals surface area contributed by atoms with E-state index in [4.69, 9.17) is 16.0 Å². The Morgan fingerprint density at radius 2 is 2.11 bits per heavy atom. The molecule has 1 aromatic carbocycles. The summed E-state index contributed by atoms with van der Waals surface area (Å²) in [7, 11) is 0. The van der Waals surface area contributed by atoms with Gasteiger partial charge in [0.1, 0.15) is 5.76 Å². The maximum Gasteiger partial charge on any atom is 0.228 e. The van der Waals surface area contributed by atoms with Gasteiger partial charge in [0.25, 0.3) is 0 Å². The van der Waals surface area contributed by atoms with E-state index in [0.717, 1.165) is 5.56 Å². The monoisotopic (exact) mass is 277 g/mol. The van der Waals surface area contributed by atoms with Crippen molar-refractivity contribution in [2.24, 2.45) is 0 Å². The highest BCUT2D eigenvalue weighted by Gasteiger charge is 2.23. The second-order valence-electron chi connectivity index (χ2n) is 4.94. The van der Waals surface area contributed by atoms with Crippen LogP contribution in [-0.4, -0.2) is 5.91 Å². The zero-order valence-electron chi connectivity index (χ0n) is 10.9. The van der Waals surface area contributed by atoms with Crippen LogP contribution in [0.5, 0.6) is 0 Å². The maximum atomic E-state index is 12.0. The van der Waals surface area contributed by atoms with Gasteiger partial charge in [0.2, 0.25) is 5.91 Å². The fourth-order valence-electron chi connectivity index (χ4n) is 1.91. The van der Waals surface area contributed by atoms with E-state index in [9.17, 15) is 4.79 Å². The zero-order valence-corrected chi connectivity index (χ0v) is 11.7. The average Bonchev–Trinajstić information content (AvgIpc) is 2.81. The van der Waals surface area contributed by atoms with Crippen LogP contribution in [0.1, 0.15) is 25.2 Å². The van der Waals surface area contributed by atoms with Gasteiger partial charge in [-0.1, -0.05) is 23.7 Å². The number of benzene rings is 1. The molecule has 1 aromatic heterocycles. The first-order valence-electron chi connectivity index (χ1n) is 6.07. The minimum absolute atomic E-state index is 0.0834. The first kappa shape index (κ1) is 13.7. The lowest BCUT2D eigenvalue weighted by molar-refractivity contribution is -0.122. The molecule has 2 aromatic rings. The Bertz CT molecular complexity index is 561. The van der Waals surface area contributed by atoms with Gasteiger partial charge in [-0.25, -0.2) is 0 Å². The van der Waals surface area contributed by atoms with Crippen LogP contribution >= 0.6 is 11.6 Å². The fraction of sp³-hybridized carbons (Fsp3) is 0.267. The number of nitrogens with one attached hydrogen (secondary N) is 1. The normalized spacial score (nSPS) is 11.3. The number of halogens is 1. The molecule has 1 heterocycles. The molecule has 0 atom stereocenters. The molecule has 0 spiro atoms. The Hall–Kier alpha value is -1.74. The van der Waals surface area contributed by atoms with Crippen molar-refractivity contribution in [3.05, 3.63) is 59.0 Å². The molecule has 0 radical (unpaired) electrons. The van der Waals surface area contributed by atoms with E-state index >= 15 is 0 Å². The first-order valence-corrected chi connectivity index (χ1v) is 6.44. The third-order valence-corrected chi connectivity index (χ3v) is 3.15. The molecule has 100 valence electrons. The lowest BCUT2D eigenvalue weighted by Crippen LogP contribution is -2.41. The van der Waals surface area contributed by atoms with Crippen molar-refractivity contribution in [3.8, 4) is 0 Å². The number of carbonyl (C=O) groups excluding carboxylic acids is 1. The predicted molar refractivity (Wildman–Crippen MR) is 75.0 cm³/mol. The molecule has 0 fully saturated rings. The van der Waals surface area contributed by atoms with Crippen LogP contribution in [0.4, 0.5) is 0 Å². The van der Waals surface area contributed by atoms with Gasteiger partial charge in [-0.05, 0) is 43.7 Å². The number of hydrogen-bond donors (Lipinski definition) is 1. The number of carbonyl (C=O) groups is 1. The van der Waals surface area contributed by atoms with Gasteiger partial charge >= 0.3 is 0 Å². The van der Waals surface area contributed by atoms with E-state index in [1.807, 2.05) is 38.1 Å². The molecule has 2 rings (SSSR count). The molecule has 0 bridgehead atoms. The molecule has 3 nitrogen and oxygen atoms in total. The standard InChI is InChI=1S/C15H16ClNO2/c1-15(2,11-5-3-6-12(16)9-11)17-14(18)10-13-7-4-8-19-13/h3-9H,10H2,1-2H3,(H,17,18). The average molecular weight is 278 g/mol. The van der Waals surface area contributed by atoms with Crippen LogP contribution in [-0.2, 0) is 16.8 Å². The Morgan fingerprint density at radius 1 is 1.32 bits per heavy atom. The van der Waals surface area contributed by atoms with Crippen LogP contribution in [0, 0.1) is 0 Å². The summed E-state index contributed by atoms with van der Waals surface area (Å²) in [5.41, 5.74) is 0.488. The van der Waals surface area contributed by atoms with Crippen molar-refractivity contribution < 1.29 is 9.21 Å². The van der Waals surface area contributed by atoms with Crippen LogP contribution in [0.2, 0.25) is 5.02 Å². The SMILES string of the molecule is CC(C)(NC(=O)Cc1ccco1)c1cccc(Cl)c1. The second-order valence-corrected chi connectivity index (χ2v) is 5.38. The lowest BCUT2D eigenvalue weighted by Gasteiger charge is -2.27. The molecular formula is C15H16ClNO2. The number of furan rings is 1. The Labute approximate surface area is 117 Å². The van der Waals surface area contributed by atoms with Crippen molar-refractivity contribution in [1.82, 2.24) is 5.32 Å². The van der Waals surface area contributed by atoms with Gasteiger partial charge < -0.3 is 9.73 Å². The minimum atomic E-state index is -0.478. The highest BCUT2D eigenvalue weighted by Crippen LogP contribution is 2.23. The summed E-state index contributed by atoms with van der Waals surface area (Å²) < 4.78 is 5.16. The minimum Gasteiger partial charge on any atom is -0.469 e. The van der Waals surface area contributed by atoms with Crippen molar-refractivity contribution in [2.75, 3.05) is 0 Å². The van der Waals surface area contributed by atoms with E-state index < -0.39 is 5.54 Å². The summed E-state index contributed by atoms with van der Waals surface area (Å²) in [4.78, 5) is 12.0. The van der Waals surface area contributed by atoms with Gasteiger partial charge in [0.15, 0.2) is 0 Å². The molecule has 0 saturated heterocycles. The first-order chi connectivity index (χ1) is 8.97. The van der Waals surface area contributed by atoms with Crippen molar-refractivity contribution in [3.63, 3.8) is 0 Å².